The van der Waals surface area contributed by atoms with Crippen LogP contribution in [0.4, 0.5) is 0 Å². The average Bonchev–Trinajstić information content (AvgIpc) is 2.68. The van der Waals surface area contributed by atoms with Crippen molar-refractivity contribution in [1.82, 2.24) is 10.4 Å². The van der Waals surface area contributed by atoms with Gasteiger partial charge in [0.25, 0.3) is 5.91 Å². The van der Waals surface area contributed by atoms with Crippen LogP contribution in [0.3, 0.4) is 0 Å². The molecular weight excluding hydrogens is 474 g/mol. The molecule has 0 radical (unpaired) electrons. The maximum absolute atomic E-state index is 12.0. The first kappa shape index (κ1) is 19.3. The van der Waals surface area contributed by atoms with Crippen LogP contribution in [-0.2, 0) is 6.61 Å². The molecule has 3 aromatic rings. The number of carbonyl (C=O) groups excluding carboxylic acids is 1. The molecule has 3 rings (SSSR count). The first-order valence-electron chi connectivity index (χ1n) is 8.02. The lowest BCUT2D eigenvalue weighted by Gasteiger charge is -2.12. The number of pyridine rings is 1. The van der Waals surface area contributed by atoms with Crippen molar-refractivity contribution in [2.75, 3.05) is 0 Å². The lowest BCUT2D eigenvalue weighted by molar-refractivity contribution is 0.0954. The summed E-state index contributed by atoms with van der Waals surface area (Å²) in [5, 5.41) is 4.04. The van der Waals surface area contributed by atoms with Crippen molar-refractivity contribution >= 4 is 44.0 Å². The summed E-state index contributed by atoms with van der Waals surface area (Å²) >= 11 is 6.97. The summed E-state index contributed by atoms with van der Waals surface area (Å²) in [5.74, 6) is 0.307. The maximum atomic E-state index is 12.0. The molecule has 1 N–H and O–H groups in total. The van der Waals surface area contributed by atoms with Crippen LogP contribution in [0.2, 0.25) is 0 Å². The van der Waals surface area contributed by atoms with Gasteiger partial charge in [0.05, 0.1) is 16.3 Å². The fraction of sp³-hybridized carbons (Fsp3) is 0.0500. The molecule has 1 heterocycles. The number of aromatic nitrogens is 1. The Balaban J connectivity index is 1.74. The molecule has 0 fully saturated rings. The number of ether oxygens (including phenoxy) is 1. The van der Waals surface area contributed by atoms with Crippen molar-refractivity contribution in [1.29, 1.82) is 0 Å². The molecule has 1 aromatic heterocycles. The van der Waals surface area contributed by atoms with E-state index in [1.165, 1.54) is 6.20 Å². The van der Waals surface area contributed by atoms with Gasteiger partial charge in [-0.1, -0.05) is 46.3 Å². The fourth-order valence-electron chi connectivity index (χ4n) is 2.28. The minimum Gasteiger partial charge on any atom is -0.487 e. The number of amides is 1. The van der Waals surface area contributed by atoms with Crippen molar-refractivity contribution in [2.45, 2.75) is 6.61 Å². The largest absolute Gasteiger partial charge is 0.487 e. The molecule has 136 valence electrons. The minimum absolute atomic E-state index is 0.333. The van der Waals surface area contributed by atoms with Gasteiger partial charge in [-0.3, -0.25) is 9.78 Å². The molecule has 0 saturated heterocycles. The molecule has 0 aliphatic heterocycles. The van der Waals surface area contributed by atoms with Crippen LogP contribution in [0.25, 0.3) is 0 Å². The Morgan fingerprint density at radius 3 is 2.70 bits per heavy atom. The molecule has 0 unspecified atom stereocenters. The van der Waals surface area contributed by atoms with Gasteiger partial charge >= 0.3 is 0 Å². The molecule has 2 aromatic carbocycles. The van der Waals surface area contributed by atoms with Crippen LogP contribution in [0.15, 0.2) is 81.0 Å². The molecule has 0 atom stereocenters. The molecule has 0 bridgehead atoms. The van der Waals surface area contributed by atoms with Crippen LogP contribution in [-0.4, -0.2) is 17.1 Å². The zero-order chi connectivity index (χ0) is 19.1. The zero-order valence-electron chi connectivity index (χ0n) is 14.1. The second-order valence-corrected chi connectivity index (χ2v) is 7.29. The Morgan fingerprint density at radius 2 is 1.96 bits per heavy atom. The van der Waals surface area contributed by atoms with Crippen LogP contribution in [0.5, 0.6) is 5.75 Å². The SMILES string of the molecule is O=C(N/N=C\c1cc(Br)cc(Br)c1OCc1ccccc1)c1cccnc1. The van der Waals surface area contributed by atoms with Crippen LogP contribution in [0.1, 0.15) is 21.5 Å². The van der Waals surface area contributed by atoms with Gasteiger partial charge in [0.2, 0.25) is 0 Å². The Hall–Kier alpha value is -2.51. The molecule has 27 heavy (non-hydrogen) atoms. The zero-order valence-corrected chi connectivity index (χ0v) is 17.3. The van der Waals surface area contributed by atoms with Gasteiger partial charge in [-0.25, -0.2) is 5.43 Å². The van der Waals surface area contributed by atoms with Crippen molar-refractivity contribution in [2.24, 2.45) is 5.10 Å². The Labute approximate surface area is 173 Å². The van der Waals surface area contributed by atoms with E-state index < -0.39 is 0 Å². The monoisotopic (exact) mass is 487 g/mol. The van der Waals surface area contributed by atoms with E-state index >= 15 is 0 Å². The molecule has 0 spiro atoms. The first-order chi connectivity index (χ1) is 13.1. The van der Waals surface area contributed by atoms with E-state index in [1.807, 2.05) is 42.5 Å². The van der Waals surface area contributed by atoms with Crippen molar-refractivity contribution in [3.8, 4) is 5.75 Å². The number of rotatable bonds is 6. The summed E-state index contributed by atoms with van der Waals surface area (Å²) in [6.07, 6.45) is 4.63. The topological polar surface area (TPSA) is 63.6 Å². The van der Waals surface area contributed by atoms with Crippen LogP contribution < -0.4 is 10.2 Å². The lowest BCUT2D eigenvalue weighted by Crippen LogP contribution is -2.17. The molecule has 7 heteroatoms. The predicted octanol–water partition coefficient (Wildman–Crippen LogP) is 4.95. The normalized spacial score (nSPS) is 10.7. The Bertz CT molecular complexity index is 948. The van der Waals surface area contributed by atoms with Gasteiger partial charge in [0, 0.05) is 22.4 Å². The average molecular weight is 489 g/mol. The molecule has 5 nitrogen and oxygen atoms in total. The standard InChI is InChI=1S/C20H15Br2N3O2/c21-17-9-16(12-24-25-20(26)15-7-4-8-23-11-15)19(18(22)10-17)27-13-14-5-2-1-3-6-14/h1-12H,13H2,(H,25,26)/b24-12-. The van der Waals surface area contributed by atoms with Crippen LogP contribution in [0, 0.1) is 0 Å². The summed E-state index contributed by atoms with van der Waals surface area (Å²) < 4.78 is 7.62. The van der Waals surface area contributed by atoms with Crippen molar-refractivity contribution < 1.29 is 9.53 Å². The molecular formula is C20H15Br2N3O2. The second kappa shape index (κ2) is 9.43. The summed E-state index contributed by atoms with van der Waals surface area (Å²) in [6, 6.07) is 17.0. The summed E-state index contributed by atoms with van der Waals surface area (Å²) in [6.45, 7) is 0.421. The van der Waals surface area contributed by atoms with Gasteiger partial charge in [0.1, 0.15) is 12.4 Å². The highest BCUT2D eigenvalue weighted by Gasteiger charge is 2.10. The van der Waals surface area contributed by atoms with E-state index in [0.717, 1.165) is 20.1 Å². The smallest absolute Gasteiger partial charge is 0.272 e. The third-order valence-electron chi connectivity index (χ3n) is 3.56. The van der Waals surface area contributed by atoms with E-state index in [2.05, 4.69) is 47.4 Å². The van der Waals surface area contributed by atoms with Gasteiger partial charge < -0.3 is 4.74 Å². The number of nitrogens with one attached hydrogen (secondary N) is 1. The number of nitrogens with zero attached hydrogens (tertiary/aromatic N) is 2. The lowest BCUT2D eigenvalue weighted by atomic mass is 10.2. The van der Waals surface area contributed by atoms with Gasteiger partial charge in [-0.15, -0.1) is 0 Å². The van der Waals surface area contributed by atoms with Gasteiger partial charge in [-0.05, 0) is 45.8 Å². The summed E-state index contributed by atoms with van der Waals surface area (Å²) in [4.78, 5) is 16.0. The molecule has 0 aliphatic rings. The number of halogens is 2. The van der Waals surface area contributed by atoms with E-state index in [-0.39, 0.29) is 5.91 Å². The number of hydrazone groups is 1. The second-order valence-electron chi connectivity index (χ2n) is 5.52. The third kappa shape index (κ3) is 5.48. The number of carbonyl (C=O) groups is 1. The quantitative estimate of drug-likeness (QED) is 0.394. The van der Waals surface area contributed by atoms with Gasteiger partial charge in [-0.2, -0.15) is 5.10 Å². The Morgan fingerprint density at radius 1 is 1.15 bits per heavy atom. The van der Waals surface area contributed by atoms with E-state index in [1.54, 1.807) is 24.5 Å². The third-order valence-corrected chi connectivity index (χ3v) is 4.60. The highest BCUT2D eigenvalue weighted by Crippen LogP contribution is 2.32. The van der Waals surface area contributed by atoms with Crippen molar-refractivity contribution in [3.63, 3.8) is 0 Å². The minimum atomic E-state index is -0.333. The highest BCUT2D eigenvalue weighted by molar-refractivity contribution is 9.11. The summed E-state index contributed by atoms with van der Waals surface area (Å²) in [7, 11) is 0. The number of hydrogen-bond donors (Lipinski definition) is 1. The first-order valence-corrected chi connectivity index (χ1v) is 9.61. The van der Waals surface area contributed by atoms with E-state index in [0.29, 0.717) is 17.9 Å². The van der Waals surface area contributed by atoms with E-state index in [9.17, 15) is 4.79 Å². The highest BCUT2D eigenvalue weighted by atomic mass is 79.9. The van der Waals surface area contributed by atoms with Crippen LogP contribution >= 0.6 is 31.9 Å². The molecule has 1 amide bonds. The summed E-state index contributed by atoms with van der Waals surface area (Å²) in [5.41, 5.74) is 4.70. The molecule has 0 aliphatic carbocycles. The van der Waals surface area contributed by atoms with Crippen molar-refractivity contribution in [3.05, 3.63) is 92.6 Å². The maximum Gasteiger partial charge on any atom is 0.272 e. The number of hydrogen-bond acceptors (Lipinski definition) is 4. The van der Waals surface area contributed by atoms with Gasteiger partial charge in [0.15, 0.2) is 0 Å². The predicted molar refractivity (Wildman–Crippen MR) is 112 cm³/mol. The fourth-order valence-corrected chi connectivity index (χ4v) is 3.65. The Kier molecular flexibility index (Phi) is 6.73. The van der Waals surface area contributed by atoms with E-state index in [4.69, 9.17) is 4.74 Å². The molecule has 0 saturated carbocycles. The number of benzene rings is 2.